The normalized spacial score (nSPS) is 19.3. The molecule has 1 amide bonds. The Hall–Kier alpha value is -2.81. The lowest BCUT2D eigenvalue weighted by atomic mass is 9.95. The van der Waals surface area contributed by atoms with Crippen LogP contribution in [0, 0.1) is 11.7 Å². The average Bonchev–Trinajstić information content (AvgIpc) is 3.33. The van der Waals surface area contributed by atoms with Gasteiger partial charge in [0.05, 0.1) is 22.6 Å². The summed E-state index contributed by atoms with van der Waals surface area (Å²) in [5.74, 6) is 0.0448. The molecule has 2 aliphatic heterocycles. The third kappa shape index (κ3) is 4.65. The number of hydrogen-bond acceptors (Lipinski definition) is 6. The van der Waals surface area contributed by atoms with E-state index in [9.17, 15) is 9.18 Å². The van der Waals surface area contributed by atoms with Crippen LogP contribution in [0.2, 0.25) is 10.0 Å². The second-order valence-electron chi connectivity index (χ2n) is 9.19. The summed E-state index contributed by atoms with van der Waals surface area (Å²) in [4.78, 5) is 19.1. The summed E-state index contributed by atoms with van der Waals surface area (Å²) in [6, 6.07) is 2.63. The minimum Gasteiger partial charge on any atom is -0.478 e. The van der Waals surface area contributed by atoms with Crippen LogP contribution in [0.5, 0.6) is 5.75 Å². The van der Waals surface area contributed by atoms with E-state index in [0.29, 0.717) is 30.7 Å². The molecule has 2 atom stereocenters. The highest BCUT2D eigenvalue weighted by atomic mass is 35.5. The second kappa shape index (κ2) is 10.3. The molecule has 1 saturated heterocycles. The third-order valence-electron chi connectivity index (χ3n) is 6.89. The Morgan fingerprint density at radius 2 is 2.22 bits per heavy atom. The predicted octanol–water partition coefficient (Wildman–Crippen LogP) is 5.61. The predicted molar refractivity (Wildman–Crippen MR) is 139 cm³/mol. The smallest absolute Gasteiger partial charge is 0.227 e. The maximum atomic E-state index is 14.0. The fraction of sp³-hybridized carbons (Fsp3) is 0.385. The lowest BCUT2D eigenvalue weighted by molar-refractivity contribution is -0.135. The van der Waals surface area contributed by atoms with Crippen molar-refractivity contribution in [3.63, 3.8) is 0 Å². The molecule has 2 aliphatic rings. The summed E-state index contributed by atoms with van der Waals surface area (Å²) in [7, 11) is 0. The number of nitrogens with zero attached hydrogens (tertiary/aromatic N) is 2. The standard InChI is InChI=1S/C26H27Cl2FN4O3/c1-14(21-19(27)4-5-20(29)22(21)28)36-24-23-17(12-32-25(24)30)18(13-35-23)15-6-9-33(10-7-15)26(34)16-3-2-8-31-11-16/h4-6,12-14,16,31H,2-3,7-11H2,1H3,(H2,30,32)/t14-,16+/m1/s1. The summed E-state index contributed by atoms with van der Waals surface area (Å²) >= 11 is 12.4. The molecule has 36 heavy (non-hydrogen) atoms. The van der Waals surface area contributed by atoms with Crippen molar-refractivity contribution in [2.24, 2.45) is 5.92 Å². The Labute approximate surface area is 218 Å². The minimum absolute atomic E-state index is 0.0532. The van der Waals surface area contributed by atoms with Crippen molar-refractivity contribution >= 4 is 51.5 Å². The number of fused-ring (bicyclic) bond motifs is 1. The van der Waals surface area contributed by atoms with E-state index in [-0.39, 0.29) is 33.4 Å². The first-order valence-corrected chi connectivity index (χ1v) is 12.8. The highest BCUT2D eigenvalue weighted by Gasteiger charge is 2.28. The van der Waals surface area contributed by atoms with Gasteiger partial charge in [0.2, 0.25) is 11.7 Å². The zero-order valence-electron chi connectivity index (χ0n) is 19.8. The molecule has 0 spiro atoms. The van der Waals surface area contributed by atoms with E-state index >= 15 is 0 Å². The van der Waals surface area contributed by atoms with Crippen molar-refractivity contribution in [2.75, 3.05) is 31.9 Å². The van der Waals surface area contributed by atoms with E-state index in [4.69, 9.17) is 38.1 Å². The van der Waals surface area contributed by atoms with Gasteiger partial charge in [-0.2, -0.15) is 0 Å². The molecular weight excluding hydrogens is 506 g/mol. The minimum atomic E-state index is -0.716. The maximum absolute atomic E-state index is 14.0. The molecule has 10 heteroatoms. The number of anilines is 1. The van der Waals surface area contributed by atoms with Crippen molar-refractivity contribution in [2.45, 2.75) is 32.3 Å². The van der Waals surface area contributed by atoms with Gasteiger partial charge in [0.1, 0.15) is 11.9 Å². The molecule has 1 aromatic carbocycles. The maximum Gasteiger partial charge on any atom is 0.227 e. The van der Waals surface area contributed by atoms with Gasteiger partial charge in [-0.1, -0.05) is 29.3 Å². The molecular formula is C26H27Cl2FN4O3. The zero-order valence-corrected chi connectivity index (χ0v) is 21.3. The van der Waals surface area contributed by atoms with Crippen LogP contribution in [-0.4, -0.2) is 42.0 Å². The lowest BCUT2D eigenvalue weighted by Gasteiger charge is -2.31. The number of nitrogen functional groups attached to an aromatic ring is 1. The number of furan rings is 1. The number of aromatic nitrogens is 1. The van der Waals surface area contributed by atoms with Crippen LogP contribution in [0.1, 0.15) is 43.4 Å². The van der Waals surface area contributed by atoms with Gasteiger partial charge in [-0.05, 0) is 50.4 Å². The summed E-state index contributed by atoms with van der Waals surface area (Å²) in [5, 5.41) is 4.23. The number of ether oxygens (including phenoxy) is 1. The van der Waals surface area contributed by atoms with Crippen LogP contribution < -0.4 is 15.8 Å². The molecule has 0 bridgehead atoms. The summed E-state index contributed by atoms with van der Waals surface area (Å²) in [6.07, 6.45) is 7.32. The summed E-state index contributed by atoms with van der Waals surface area (Å²) in [6.45, 7) is 4.63. The third-order valence-corrected chi connectivity index (χ3v) is 7.61. The molecule has 5 rings (SSSR count). The summed E-state index contributed by atoms with van der Waals surface area (Å²) < 4.78 is 26.0. The van der Waals surface area contributed by atoms with Gasteiger partial charge in [0, 0.05) is 42.0 Å². The van der Waals surface area contributed by atoms with Crippen LogP contribution >= 0.6 is 23.2 Å². The Bertz CT molecular complexity index is 1340. The monoisotopic (exact) mass is 532 g/mol. The van der Waals surface area contributed by atoms with Crippen molar-refractivity contribution in [1.29, 1.82) is 0 Å². The van der Waals surface area contributed by atoms with Crippen LogP contribution in [0.15, 0.2) is 35.1 Å². The molecule has 0 radical (unpaired) electrons. The van der Waals surface area contributed by atoms with Crippen molar-refractivity contribution < 1.29 is 18.3 Å². The van der Waals surface area contributed by atoms with Gasteiger partial charge in [-0.15, -0.1) is 0 Å². The van der Waals surface area contributed by atoms with Crippen LogP contribution in [-0.2, 0) is 4.79 Å². The molecule has 3 N–H and O–H groups in total. The number of benzene rings is 1. The quantitative estimate of drug-likeness (QED) is 0.414. The zero-order chi connectivity index (χ0) is 25.4. The number of rotatable bonds is 5. The first-order valence-electron chi connectivity index (χ1n) is 12.0. The van der Waals surface area contributed by atoms with Gasteiger partial charge in [-0.25, -0.2) is 9.37 Å². The highest BCUT2D eigenvalue weighted by molar-refractivity contribution is 6.36. The van der Waals surface area contributed by atoms with Crippen LogP contribution in [0.25, 0.3) is 16.5 Å². The second-order valence-corrected chi connectivity index (χ2v) is 9.97. The van der Waals surface area contributed by atoms with Crippen molar-refractivity contribution in [3.8, 4) is 5.75 Å². The van der Waals surface area contributed by atoms with Crippen LogP contribution in [0.4, 0.5) is 10.2 Å². The Morgan fingerprint density at radius 3 is 2.94 bits per heavy atom. The van der Waals surface area contributed by atoms with E-state index in [1.807, 2.05) is 4.90 Å². The molecule has 0 aliphatic carbocycles. The molecule has 1 fully saturated rings. The highest BCUT2D eigenvalue weighted by Crippen LogP contribution is 2.41. The topological polar surface area (TPSA) is 93.6 Å². The van der Waals surface area contributed by atoms with Gasteiger partial charge in [-0.3, -0.25) is 4.79 Å². The number of halogens is 3. The number of nitrogens with two attached hydrogens (primary N) is 1. The number of amides is 1. The number of hydrogen-bond donors (Lipinski definition) is 2. The van der Waals surface area contributed by atoms with Crippen molar-refractivity contribution in [1.82, 2.24) is 15.2 Å². The number of carbonyl (C=O) groups is 1. The molecule has 7 nitrogen and oxygen atoms in total. The van der Waals surface area contributed by atoms with E-state index < -0.39 is 11.9 Å². The number of piperidine rings is 1. The Morgan fingerprint density at radius 1 is 1.39 bits per heavy atom. The molecule has 0 saturated carbocycles. The molecule has 0 unspecified atom stereocenters. The molecule has 190 valence electrons. The van der Waals surface area contributed by atoms with E-state index in [1.165, 1.54) is 12.1 Å². The fourth-order valence-electron chi connectivity index (χ4n) is 4.93. The van der Waals surface area contributed by atoms with Gasteiger partial charge < -0.3 is 25.1 Å². The average molecular weight is 533 g/mol. The first kappa shape index (κ1) is 24.9. The number of carbonyl (C=O) groups excluding carboxylic acids is 1. The van der Waals surface area contributed by atoms with Crippen LogP contribution in [0.3, 0.4) is 0 Å². The first-order chi connectivity index (χ1) is 17.3. The molecule has 4 heterocycles. The van der Waals surface area contributed by atoms with Crippen molar-refractivity contribution in [3.05, 3.63) is 57.7 Å². The van der Waals surface area contributed by atoms with E-state index in [1.54, 1.807) is 19.4 Å². The number of nitrogens with one attached hydrogen (secondary N) is 1. The van der Waals surface area contributed by atoms with E-state index in [2.05, 4.69) is 16.4 Å². The largest absolute Gasteiger partial charge is 0.478 e. The fourth-order valence-corrected chi connectivity index (χ4v) is 5.61. The number of pyridine rings is 1. The van der Waals surface area contributed by atoms with E-state index in [0.717, 1.165) is 42.5 Å². The lowest BCUT2D eigenvalue weighted by Crippen LogP contribution is -2.44. The van der Waals surface area contributed by atoms with Gasteiger partial charge in [0.25, 0.3) is 0 Å². The summed E-state index contributed by atoms with van der Waals surface area (Å²) in [5.41, 5.74) is 8.82. The molecule has 2 aromatic heterocycles. The Kier molecular flexibility index (Phi) is 7.10. The Balaban J connectivity index is 1.39. The van der Waals surface area contributed by atoms with Gasteiger partial charge in [0.15, 0.2) is 11.4 Å². The van der Waals surface area contributed by atoms with Gasteiger partial charge >= 0.3 is 0 Å². The SMILES string of the molecule is C[C@@H](Oc1c(N)ncc2c(C3=CCN(C(=O)[C@H]4CCCNC4)CC3)coc12)c1c(Cl)ccc(F)c1Cl. The molecule has 3 aromatic rings.